The number of carbonyl (C=O) groups excluding carboxylic acids is 5. The van der Waals surface area contributed by atoms with Crippen LogP contribution >= 0.6 is 0 Å². The lowest BCUT2D eigenvalue weighted by molar-refractivity contribution is -0.133. The number of nitrogens with one attached hydrogen (secondary N) is 5. The van der Waals surface area contributed by atoms with Gasteiger partial charge in [0.2, 0.25) is 17.7 Å². The molecule has 1 rings (SSSR count). The Labute approximate surface area is 209 Å². The van der Waals surface area contributed by atoms with Crippen molar-refractivity contribution in [3.8, 4) is 0 Å². The molecule has 0 spiro atoms. The number of amides is 5. The fourth-order valence-electron chi connectivity index (χ4n) is 3.87. The monoisotopic (exact) mass is 495 g/mol. The summed E-state index contributed by atoms with van der Waals surface area (Å²) >= 11 is 0. The van der Waals surface area contributed by atoms with Gasteiger partial charge in [0.1, 0.15) is 18.4 Å². The fourth-order valence-corrected chi connectivity index (χ4v) is 3.87. The van der Waals surface area contributed by atoms with Gasteiger partial charge in [-0.05, 0) is 50.9 Å². The molecule has 0 radical (unpaired) electrons. The molecule has 0 aliphatic carbocycles. The number of urea groups is 1. The minimum atomic E-state index is -0.931. The Bertz CT molecular complexity index is 792. The van der Waals surface area contributed by atoms with Gasteiger partial charge in [0.25, 0.3) is 0 Å². The van der Waals surface area contributed by atoms with Crippen LogP contribution in [-0.2, 0) is 19.2 Å². The zero-order valence-corrected chi connectivity index (χ0v) is 22.8. The maximum atomic E-state index is 13.3. The van der Waals surface area contributed by atoms with E-state index in [1.165, 1.54) is 0 Å². The normalized spacial score (nSPS) is 19.1. The third kappa shape index (κ3) is 11.1. The Morgan fingerprint density at radius 3 is 2.00 bits per heavy atom. The quantitative estimate of drug-likeness (QED) is 0.309. The molecule has 5 amide bonds. The predicted molar refractivity (Wildman–Crippen MR) is 134 cm³/mol. The standard InChI is InChI=1S/C25H45N5O5/c1-23(2,3)13-17(20(33)27-16(14-31)12-15-10-11-26-19(15)32)28-21(34)18(24(4,5)6)29-22(35)30-25(7,8)9/h14-18H,10-13H2,1-9H3,(H,26,32)(H,27,33)(H,28,34)(H2,29,30,35)/t15-,16?,17?,18?/m0/s1. The first-order chi connectivity index (χ1) is 15.8. The van der Waals surface area contributed by atoms with E-state index < -0.39 is 46.9 Å². The largest absolute Gasteiger partial charge is 0.356 e. The molecule has 3 unspecified atom stereocenters. The molecule has 5 N–H and O–H groups in total. The lowest BCUT2D eigenvalue weighted by Crippen LogP contribution is -2.61. The minimum absolute atomic E-state index is 0.127. The molecule has 35 heavy (non-hydrogen) atoms. The highest BCUT2D eigenvalue weighted by molar-refractivity contribution is 5.93. The van der Waals surface area contributed by atoms with Crippen LogP contribution in [0.1, 0.15) is 81.6 Å². The van der Waals surface area contributed by atoms with Gasteiger partial charge in [-0.1, -0.05) is 41.5 Å². The summed E-state index contributed by atoms with van der Waals surface area (Å²) in [5, 5.41) is 13.7. The van der Waals surface area contributed by atoms with E-state index in [-0.39, 0.29) is 23.7 Å². The average Bonchev–Trinajstić information content (AvgIpc) is 3.06. The molecular formula is C25H45N5O5. The van der Waals surface area contributed by atoms with E-state index >= 15 is 0 Å². The van der Waals surface area contributed by atoms with E-state index in [9.17, 15) is 24.0 Å². The lowest BCUT2D eigenvalue weighted by Gasteiger charge is -2.34. The molecule has 10 nitrogen and oxygen atoms in total. The zero-order valence-electron chi connectivity index (χ0n) is 22.8. The molecule has 0 aromatic rings. The van der Waals surface area contributed by atoms with Gasteiger partial charge in [-0.2, -0.15) is 0 Å². The van der Waals surface area contributed by atoms with Crippen LogP contribution in [-0.4, -0.2) is 60.2 Å². The van der Waals surface area contributed by atoms with Crippen LogP contribution in [0, 0.1) is 16.7 Å². The second-order valence-corrected chi connectivity index (χ2v) is 12.7. The van der Waals surface area contributed by atoms with Crippen molar-refractivity contribution in [2.75, 3.05) is 6.54 Å². The summed E-state index contributed by atoms with van der Waals surface area (Å²) in [5.41, 5.74) is -1.44. The molecule has 1 aliphatic rings. The van der Waals surface area contributed by atoms with Crippen molar-refractivity contribution in [1.82, 2.24) is 26.6 Å². The Morgan fingerprint density at radius 2 is 1.57 bits per heavy atom. The van der Waals surface area contributed by atoms with Crippen molar-refractivity contribution in [1.29, 1.82) is 0 Å². The summed E-state index contributed by atoms with van der Waals surface area (Å²) in [6.45, 7) is 17.3. The van der Waals surface area contributed by atoms with Crippen LogP contribution in [0.25, 0.3) is 0 Å². The Hall–Kier alpha value is -2.65. The highest BCUT2D eigenvalue weighted by atomic mass is 16.2. The number of hydrogen-bond donors (Lipinski definition) is 5. The van der Waals surface area contributed by atoms with Crippen LogP contribution in [0.2, 0.25) is 0 Å². The fraction of sp³-hybridized carbons (Fsp3) is 0.800. The van der Waals surface area contributed by atoms with Crippen molar-refractivity contribution in [2.24, 2.45) is 16.7 Å². The van der Waals surface area contributed by atoms with Crippen LogP contribution in [0.3, 0.4) is 0 Å². The van der Waals surface area contributed by atoms with Gasteiger partial charge in [-0.3, -0.25) is 14.4 Å². The SMILES string of the molecule is CC(C)(C)CC(NC(=O)C(NC(=O)NC(C)(C)C)C(C)(C)C)C(=O)NC(C=O)C[C@@H]1CCNC1=O. The number of hydrogen-bond acceptors (Lipinski definition) is 5. The first-order valence-electron chi connectivity index (χ1n) is 12.2. The molecule has 10 heteroatoms. The van der Waals surface area contributed by atoms with Crippen molar-refractivity contribution in [3.63, 3.8) is 0 Å². The van der Waals surface area contributed by atoms with Gasteiger partial charge >= 0.3 is 6.03 Å². The summed E-state index contributed by atoms with van der Waals surface area (Å²) in [5.74, 6) is -1.46. The number of aldehydes is 1. The maximum absolute atomic E-state index is 13.3. The van der Waals surface area contributed by atoms with Gasteiger partial charge < -0.3 is 31.4 Å². The molecule has 1 aliphatic heterocycles. The summed E-state index contributed by atoms with van der Waals surface area (Å²) in [6, 6.07) is -3.17. The summed E-state index contributed by atoms with van der Waals surface area (Å²) in [4.78, 5) is 62.5. The highest BCUT2D eigenvalue weighted by Gasteiger charge is 2.37. The van der Waals surface area contributed by atoms with Gasteiger partial charge in [0.15, 0.2) is 0 Å². The molecule has 0 bridgehead atoms. The topological polar surface area (TPSA) is 146 Å². The highest BCUT2D eigenvalue weighted by Crippen LogP contribution is 2.24. The number of rotatable bonds is 9. The Morgan fingerprint density at radius 1 is 0.971 bits per heavy atom. The summed E-state index contributed by atoms with van der Waals surface area (Å²) in [6.07, 6.45) is 1.74. The van der Waals surface area contributed by atoms with Gasteiger partial charge in [-0.25, -0.2) is 4.79 Å². The van der Waals surface area contributed by atoms with E-state index in [4.69, 9.17) is 0 Å². The van der Waals surface area contributed by atoms with E-state index in [2.05, 4.69) is 26.6 Å². The first-order valence-corrected chi connectivity index (χ1v) is 12.2. The molecule has 4 atom stereocenters. The third-order valence-corrected chi connectivity index (χ3v) is 5.53. The molecule has 0 saturated carbocycles. The van der Waals surface area contributed by atoms with Crippen LogP contribution in [0.4, 0.5) is 4.79 Å². The van der Waals surface area contributed by atoms with Gasteiger partial charge in [0, 0.05) is 18.0 Å². The van der Waals surface area contributed by atoms with E-state index in [1.54, 1.807) is 0 Å². The van der Waals surface area contributed by atoms with Gasteiger partial charge in [0.05, 0.1) is 6.04 Å². The van der Waals surface area contributed by atoms with E-state index in [1.807, 2.05) is 62.3 Å². The van der Waals surface area contributed by atoms with Crippen LogP contribution < -0.4 is 26.6 Å². The molecule has 1 saturated heterocycles. The summed E-state index contributed by atoms with van der Waals surface area (Å²) in [7, 11) is 0. The Balaban J connectivity index is 3.02. The zero-order chi connectivity index (χ0) is 27.2. The minimum Gasteiger partial charge on any atom is -0.356 e. The smallest absolute Gasteiger partial charge is 0.315 e. The van der Waals surface area contributed by atoms with Gasteiger partial charge in [-0.15, -0.1) is 0 Å². The molecule has 1 heterocycles. The van der Waals surface area contributed by atoms with E-state index in [0.29, 0.717) is 25.7 Å². The Kier molecular flexibility index (Phi) is 10.3. The third-order valence-electron chi connectivity index (χ3n) is 5.53. The van der Waals surface area contributed by atoms with Crippen molar-refractivity contribution >= 4 is 30.0 Å². The van der Waals surface area contributed by atoms with Crippen molar-refractivity contribution in [3.05, 3.63) is 0 Å². The molecular weight excluding hydrogens is 450 g/mol. The predicted octanol–water partition coefficient (Wildman–Crippen LogP) is 1.63. The second-order valence-electron chi connectivity index (χ2n) is 12.7. The maximum Gasteiger partial charge on any atom is 0.315 e. The van der Waals surface area contributed by atoms with Crippen LogP contribution in [0.5, 0.6) is 0 Å². The first kappa shape index (κ1) is 30.4. The summed E-state index contributed by atoms with van der Waals surface area (Å²) < 4.78 is 0. The molecule has 0 aromatic heterocycles. The van der Waals surface area contributed by atoms with Crippen molar-refractivity contribution in [2.45, 2.75) is 105 Å². The van der Waals surface area contributed by atoms with Crippen molar-refractivity contribution < 1.29 is 24.0 Å². The number of carbonyl (C=O) groups is 5. The van der Waals surface area contributed by atoms with E-state index in [0.717, 1.165) is 0 Å². The molecule has 200 valence electrons. The lowest BCUT2D eigenvalue weighted by atomic mass is 9.84. The van der Waals surface area contributed by atoms with Crippen LogP contribution in [0.15, 0.2) is 0 Å². The average molecular weight is 496 g/mol. The molecule has 0 aromatic carbocycles. The molecule has 1 fully saturated rings. The second kappa shape index (κ2) is 11.9.